The van der Waals surface area contributed by atoms with E-state index in [1.165, 1.54) is 10.4 Å². The summed E-state index contributed by atoms with van der Waals surface area (Å²) in [4.78, 5) is 1.37. The average Bonchev–Trinajstić information content (AvgIpc) is 2.60. The Hall–Kier alpha value is -0.380. The van der Waals surface area contributed by atoms with Crippen LogP contribution in [0.25, 0.3) is 0 Å². The summed E-state index contributed by atoms with van der Waals surface area (Å²) >= 11 is 1.80. The summed E-state index contributed by atoms with van der Waals surface area (Å²) in [5, 5.41) is 5.54. The lowest BCUT2D eigenvalue weighted by Crippen LogP contribution is -2.21. The van der Waals surface area contributed by atoms with Crippen LogP contribution < -0.4 is 5.32 Å². The molecule has 1 heterocycles. The quantitative estimate of drug-likeness (QED) is 0.812. The Morgan fingerprint density at radius 3 is 2.71 bits per heavy atom. The van der Waals surface area contributed by atoms with Crippen LogP contribution in [0.5, 0.6) is 0 Å². The van der Waals surface area contributed by atoms with Crippen molar-refractivity contribution >= 4 is 11.3 Å². The fraction of sp³-hybridized carbons (Fsp3) is 0.636. The maximum absolute atomic E-state index is 5.27. The molecule has 0 aliphatic heterocycles. The van der Waals surface area contributed by atoms with Gasteiger partial charge in [-0.1, -0.05) is 0 Å². The highest BCUT2D eigenvalue weighted by Gasteiger charge is 2.13. The molecule has 0 radical (unpaired) electrons. The van der Waals surface area contributed by atoms with Gasteiger partial charge in [-0.2, -0.15) is 0 Å². The minimum atomic E-state index is 0.299. The van der Waals surface area contributed by atoms with Gasteiger partial charge in [-0.3, -0.25) is 0 Å². The molecule has 3 heteroatoms. The largest absolute Gasteiger partial charge is 0.382 e. The van der Waals surface area contributed by atoms with Gasteiger partial charge in [0.25, 0.3) is 0 Å². The normalized spacial score (nSPS) is 15.4. The minimum absolute atomic E-state index is 0.299. The van der Waals surface area contributed by atoms with Crippen molar-refractivity contribution in [1.29, 1.82) is 0 Å². The molecule has 2 atom stereocenters. The molecular weight excluding hydrogens is 194 g/mol. The van der Waals surface area contributed by atoms with Crippen LogP contribution in [-0.4, -0.2) is 20.3 Å². The first-order valence-electron chi connectivity index (χ1n) is 4.92. The van der Waals surface area contributed by atoms with Gasteiger partial charge >= 0.3 is 0 Å². The molecule has 14 heavy (non-hydrogen) atoms. The van der Waals surface area contributed by atoms with Crippen LogP contribution in [0, 0.1) is 6.92 Å². The van der Waals surface area contributed by atoms with E-state index in [4.69, 9.17) is 4.74 Å². The van der Waals surface area contributed by atoms with Crippen LogP contribution in [0.4, 0.5) is 0 Å². The number of thiophene rings is 1. The second kappa shape index (κ2) is 5.49. The van der Waals surface area contributed by atoms with Crippen LogP contribution >= 0.6 is 11.3 Å². The Morgan fingerprint density at radius 1 is 1.57 bits per heavy atom. The van der Waals surface area contributed by atoms with E-state index >= 15 is 0 Å². The molecule has 1 rings (SSSR count). The van der Waals surface area contributed by atoms with E-state index in [2.05, 4.69) is 30.6 Å². The van der Waals surface area contributed by atoms with E-state index < -0.39 is 0 Å². The van der Waals surface area contributed by atoms with Crippen molar-refractivity contribution in [2.75, 3.05) is 14.2 Å². The second-order valence-electron chi connectivity index (χ2n) is 3.61. The monoisotopic (exact) mass is 213 g/mol. The lowest BCUT2D eigenvalue weighted by molar-refractivity contribution is 0.101. The first kappa shape index (κ1) is 11.7. The van der Waals surface area contributed by atoms with Crippen LogP contribution in [0.15, 0.2) is 11.4 Å². The van der Waals surface area contributed by atoms with Gasteiger partial charge < -0.3 is 10.1 Å². The Kier molecular flexibility index (Phi) is 4.58. The lowest BCUT2D eigenvalue weighted by Gasteiger charge is -2.18. The third kappa shape index (κ3) is 3.08. The van der Waals surface area contributed by atoms with Crippen molar-refractivity contribution in [3.05, 3.63) is 21.9 Å². The summed E-state index contributed by atoms with van der Waals surface area (Å²) in [6.07, 6.45) is 1.32. The molecule has 0 saturated heterocycles. The topological polar surface area (TPSA) is 21.3 Å². The van der Waals surface area contributed by atoms with Gasteiger partial charge in [-0.25, -0.2) is 0 Å². The molecule has 1 aromatic rings. The molecule has 0 spiro atoms. The van der Waals surface area contributed by atoms with Crippen molar-refractivity contribution in [2.45, 2.75) is 32.4 Å². The Balaban J connectivity index is 2.62. The maximum atomic E-state index is 5.27. The van der Waals surface area contributed by atoms with Crippen molar-refractivity contribution in [1.82, 2.24) is 5.32 Å². The van der Waals surface area contributed by atoms with E-state index in [-0.39, 0.29) is 0 Å². The van der Waals surface area contributed by atoms with Crippen molar-refractivity contribution in [3.8, 4) is 0 Å². The molecule has 1 aromatic heterocycles. The Labute approximate surface area is 90.3 Å². The predicted molar refractivity (Wildman–Crippen MR) is 61.9 cm³/mol. The number of methoxy groups -OCH3 is 1. The van der Waals surface area contributed by atoms with Gasteiger partial charge in [-0.15, -0.1) is 11.3 Å². The lowest BCUT2D eigenvalue weighted by atomic mass is 10.0. The van der Waals surface area contributed by atoms with Gasteiger partial charge in [0.05, 0.1) is 6.10 Å². The molecule has 0 bridgehead atoms. The zero-order valence-corrected chi connectivity index (χ0v) is 10.1. The molecule has 0 amide bonds. The Morgan fingerprint density at radius 2 is 2.29 bits per heavy atom. The summed E-state index contributed by atoms with van der Waals surface area (Å²) in [5.74, 6) is 0. The number of nitrogens with one attached hydrogen (secondary N) is 1. The third-order valence-electron chi connectivity index (χ3n) is 2.47. The highest BCUT2D eigenvalue weighted by molar-refractivity contribution is 7.10. The number of hydrogen-bond donors (Lipinski definition) is 1. The first-order valence-corrected chi connectivity index (χ1v) is 5.80. The molecule has 2 nitrogen and oxygen atoms in total. The molecule has 80 valence electrons. The molecule has 1 N–H and O–H groups in total. The summed E-state index contributed by atoms with van der Waals surface area (Å²) in [6, 6.07) is 2.66. The molecule has 0 aromatic carbocycles. The van der Waals surface area contributed by atoms with Crippen LogP contribution in [0.3, 0.4) is 0 Å². The molecule has 0 aliphatic rings. The van der Waals surface area contributed by atoms with Gasteiger partial charge in [0.15, 0.2) is 0 Å². The Bertz CT molecular complexity index is 272. The van der Waals surface area contributed by atoms with E-state index in [0.717, 1.165) is 6.42 Å². The first-order chi connectivity index (χ1) is 6.67. The highest BCUT2D eigenvalue weighted by Crippen LogP contribution is 2.24. The number of rotatable bonds is 5. The maximum Gasteiger partial charge on any atom is 0.0561 e. The van der Waals surface area contributed by atoms with Gasteiger partial charge in [0, 0.05) is 18.0 Å². The fourth-order valence-corrected chi connectivity index (χ4v) is 2.25. The van der Waals surface area contributed by atoms with Crippen LogP contribution in [-0.2, 0) is 4.74 Å². The standard InChI is InChI=1S/C11H19NOS/c1-8(13-4)5-11(12-3)10-6-9(2)14-7-10/h6-8,11-12H,5H2,1-4H3. The van der Waals surface area contributed by atoms with Gasteiger partial charge in [0.2, 0.25) is 0 Å². The number of ether oxygens (including phenoxy) is 1. The molecule has 2 unspecified atom stereocenters. The van der Waals surface area contributed by atoms with E-state index in [1.54, 1.807) is 18.4 Å². The second-order valence-corrected chi connectivity index (χ2v) is 4.73. The van der Waals surface area contributed by atoms with Crippen LogP contribution in [0.2, 0.25) is 0 Å². The smallest absolute Gasteiger partial charge is 0.0561 e. The fourth-order valence-electron chi connectivity index (χ4n) is 1.50. The zero-order chi connectivity index (χ0) is 10.6. The summed E-state index contributed by atoms with van der Waals surface area (Å²) in [6.45, 7) is 4.24. The number of hydrogen-bond acceptors (Lipinski definition) is 3. The molecular formula is C11H19NOS. The average molecular weight is 213 g/mol. The van der Waals surface area contributed by atoms with Crippen molar-refractivity contribution < 1.29 is 4.74 Å². The molecule has 0 aliphatic carbocycles. The van der Waals surface area contributed by atoms with Crippen LogP contribution in [0.1, 0.15) is 29.8 Å². The van der Waals surface area contributed by atoms with Crippen molar-refractivity contribution in [3.63, 3.8) is 0 Å². The molecule has 0 fully saturated rings. The summed E-state index contributed by atoms with van der Waals surface area (Å²) in [5.41, 5.74) is 1.37. The van der Waals surface area contributed by atoms with E-state index in [9.17, 15) is 0 Å². The molecule has 0 saturated carbocycles. The third-order valence-corrected chi connectivity index (χ3v) is 3.35. The SMILES string of the molecule is CNC(CC(C)OC)c1csc(C)c1. The van der Waals surface area contributed by atoms with E-state index in [0.29, 0.717) is 12.1 Å². The zero-order valence-electron chi connectivity index (χ0n) is 9.33. The minimum Gasteiger partial charge on any atom is -0.382 e. The predicted octanol–water partition coefficient (Wildman–Crippen LogP) is 2.74. The van der Waals surface area contributed by atoms with Crippen molar-refractivity contribution in [2.24, 2.45) is 0 Å². The number of aryl methyl sites for hydroxylation is 1. The van der Waals surface area contributed by atoms with Gasteiger partial charge in [-0.05, 0) is 44.3 Å². The van der Waals surface area contributed by atoms with Gasteiger partial charge in [0.1, 0.15) is 0 Å². The van der Waals surface area contributed by atoms with E-state index in [1.807, 2.05) is 7.05 Å². The highest BCUT2D eigenvalue weighted by atomic mass is 32.1. The summed E-state index contributed by atoms with van der Waals surface area (Å²) < 4.78 is 5.27. The summed E-state index contributed by atoms with van der Waals surface area (Å²) in [7, 11) is 3.76.